The molecule has 0 aromatic heterocycles. The molecule has 0 atom stereocenters. The molecule has 3 rings (SSSR count). The summed E-state index contributed by atoms with van der Waals surface area (Å²) in [7, 11) is 0. The fourth-order valence-corrected chi connectivity index (χ4v) is 3.83. The van der Waals surface area contributed by atoms with Gasteiger partial charge in [-0.25, -0.2) is 0 Å². The molecule has 2 aliphatic heterocycles. The van der Waals surface area contributed by atoms with Crippen LogP contribution < -0.4 is 5.32 Å². The highest BCUT2D eigenvalue weighted by Gasteiger charge is 2.44. The van der Waals surface area contributed by atoms with Gasteiger partial charge >= 0.3 is 6.18 Å². The zero-order chi connectivity index (χ0) is 14.2. The van der Waals surface area contributed by atoms with Gasteiger partial charge in [-0.2, -0.15) is 13.2 Å². The quantitative estimate of drug-likeness (QED) is 0.835. The van der Waals surface area contributed by atoms with Crippen LogP contribution in [0.4, 0.5) is 13.2 Å². The van der Waals surface area contributed by atoms with Crippen molar-refractivity contribution < 1.29 is 13.2 Å². The lowest BCUT2D eigenvalue weighted by Crippen LogP contribution is -2.65. The van der Waals surface area contributed by atoms with E-state index in [-0.39, 0.29) is 0 Å². The molecule has 0 bridgehead atoms. The molecule has 0 spiro atoms. The SMILES string of the molecule is FC(F)(F)C1CCC(N2CC(N3CCNCC3)C2)CC1. The van der Waals surface area contributed by atoms with E-state index >= 15 is 0 Å². The minimum absolute atomic E-state index is 0.322. The first-order valence-electron chi connectivity index (χ1n) is 7.79. The Morgan fingerprint density at radius 2 is 1.40 bits per heavy atom. The Bertz CT molecular complexity index is 314. The maximum Gasteiger partial charge on any atom is 0.391 e. The Labute approximate surface area is 118 Å². The van der Waals surface area contributed by atoms with Crippen LogP contribution in [0.3, 0.4) is 0 Å². The molecule has 1 aliphatic carbocycles. The van der Waals surface area contributed by atoms with E-state index in [9.17, 15) is 13.2 Å². The Kier molecular flexibility index (Phi) is 4.24. The monoisotopic (exact) mass is 291 g/mol. The number of hydrogen-bond acceptors (Lipinski definition) is 3. The average molecular weight is 291 g/mol. The van der Waals surface area contributed by atoms with Crippen LogP contribution in [0.15, 0.2) is 0 Å². The molecule has 3 aliphatic rings. The molecule has 116 valence electrons. The zero-order valence-corrected chi connectivity index (χ0v) is 11.8. The van der Waals surface area contributed by atoms with Gasteiger partial charge in [0, 0.05) is 51.4 Å². The maximum atomic E-state index is 12.6. The lowest BCUT2D eigenvalue weighted by Gasteiger charge is -2.51. The number of rotatable bonds is 2. The van der Waals surface area contributed by atoms with Gasteiger partial charge in [-0.3, -0.25) is 9.80 Å². The first-order valence-corrected chi connectivity index (χ1v) is 7.79. The van der Waals surface area contributed by atoms with Gasteiger partial charge in [-0.05, 0) is 25.7 Å². The normalized spacial score (nSPS) is 35.0. The second-order valence-electron chi connectivity index (χ2n) is 6.44. The molecule has 1 N–H and O–H groups in total. The fourth-order valence-electron chi connectivity index (χ4n) is 3.83. The van der Waals surface area contributed by atoms with Crippen LogP contribution in [0, 0.1) is 5.92 Å². The largest absolute Gasteiger partial charge is 0.391 e. The summed E-state index contributed by atoms with van der Waals surface area (Å²) in [5, 5.41) is 3.35. The third kappa shape index (κ3) is 3.12. The van der Waals surface area contributed by atoms with E-state index in [1.165, 1.54) is 0 Å². The predicted molar refractivity (Wildman–Crippen MR) is 71.6 cm³/mol. The van der Waals surface area contributed by atoms with Crippen molar-refractivity contribution in [1.29, 1.82) is 0 Å². The van der Waals surface area contributed by atoms with E-state index in [0.29, 0.717) is 24.9 Å². The van der Waals surface area contributed by atoms with Gasteiger partial charge in [0.2, 0.25) is 0 Å². The van der Waals surface area contributed by atoms with Crippen molar-refractivity contribution in [2.24, 2.45) is 5.92 Å². The van der Waals surface area contributed by atoms with Crippen molar-refractivity contribution in [1.82, 2.24) is 15.1 Å². The number of alkyl halides is 3. The Hall–Kier alpha value is -0.330. The molecule has 0 aromatic carbocycles. The van der Waals surface area contributed by atoms with E-state index in [1.807, 2.05) is 0 Å². The van der Waals surface area contributed by atoms with E-state index < -0.39 is 12.1 Å². The van der Waals surface area contributed by atoms with Gasteiger partial charge in [0.05, 0.1) is 5.92 Å². The Morgan fingerprint density at radius 3 is 1.95 bits per heavy atom. The second-order valence-corrected chi connectivity index (χ2v) is 6.44. The summed E-state index contributed by atoms with van der Waals surface area (Å²) in [4.78, 5) is 4.92. The molecule has 1 saturated carbocycles. The minimum Gasteiger partial charge on any atom is -0.314 e. The molecule has 6 heteroatoms. The number of nitrogens with one attached hydrogen (secondary N) is 1. The van der Waals surface area contributed by atoms with Gasteiger partial charge in [0.25, 0.3) is 0 Å². The summed E-state index contributed by atoms with van der Waals surface area (Å²) in [5.41, 5.74) is 0. The maximum absolute atomic E-state index is 12.6. The molecule has 0 radical (unpaired) electrons. The minimum atomic E-state index is -3.98. The van der Waals surface area contributed by atoms with Gasteiger partial charge in [0.15, 0.2) is 0 Å². The summed E-state index contributed by atoms with van der Waals surface area (Å²) in [6.45, 7) is 6.46. The first kappa shape index (κ1) is 14.6. The van der Waals surface area contributed by atoms with Crippen molar-refractivity contribution >= 4 is 0 Å². The van der Waals surface area contributed by atoms with E-state index in [1.54, 1.807) is 0 Å². The third-order valence-corrected chi connectivity index (χ3v) is 5.23. The number of hydrogen-bond donors (Lipinski definition) is 1. The van der Waals surface area contributed by atoms with Crippen molar-refractivity contribution in [2.75, 3.05) is 39.3 Å². The van der Waals surface area contributed by atoms with Crippen molar-refractivity contribution in [3.63, 3.8) is 0 Å². The molecule has 3 fully saturated rings. The summed E-state index contributed by atoms with van der Waals surface area (Å²) in [6, 6.07) is 1.03. The van der Waals surface area contributed by atoms with Gasteiger partial charge in [0.1, 0.15) is 0 Å². The molecule has 0 amide bonds. The second kappa shape index (κ2) is 5.81. The first-order chi connectivity index (χ1) is 9.54. The van der Waals surface area contributed by atoms with E-state index in [2.05, 4.69) is 15.1 Å². The van der Waals surface area contributed by atoms with Gasteiger partial charge in [-0.15, -0.1) is 0 Å². The highest BCUT2D eigenvalue weighted by atomic mass is 19.4. The van der Waals surface area contributed by atoms with Crippen LogP contribution in [-0.2, 0) is 0 Å². The highest BCUT2D eigenvalue weighted by molar-refractivity contribution is 4.94. The standard InChI is InChI=1S/C14H24F3N3/c15-14(16,17)11-1-3-12(4-2-11)20-9-13(10-20)19-7-5-18-6-8-19/h11-13,18H,1-10H2. The molecule has 0 unspecified atom stereocenters. The number of nitrogens with zero attached hydrogens (tertiary/aromatic N) is 2. The number of piperazine rings is 1. The lowest BCUT2D eigenvalue weighted by atomic mass is 9.83. The molecule has 2 heterocycles. The van der Waals surface area contributed by atoms with Crippen LogP contribution >= 0.6 is 0 Å². The predicted octanol–water partition coefficient (Wildman–Crippen LogP) is 1.70. The van der Waals surface area contributed by atoms with Crippen LogP contribution in [0.5, 0.6) is 0 Å². The summed E-state index contributed by atoms with van der Waals surface area (Å²) >= 11 is 0. The van der Waals surface area contributed by atoms with Crippen LogP contribution in [-0.4, -0.2) is 67.3 Å². The lowest BCUT2D eigenvalue weighted by molar-refractivity contribution is -0.185. The van der Waals surface area contributed by atoms with Crippen LogP contribution in [0.25, 0.3) is 0 Å². The molecule has 2 saturated heterocycles. The summed E-state index contributed by atoms with van der Waals surface area (Å²) in [5.74, 6) is -1.05. The smallest absolute Gasteiger partial charge is 0.314 e. The highest BCUT2D eigenvalue weighted by Crippen LogP contribution is 2.39. The van der Waals surface area contributed by atoms with Gasteiger partial charge < -0.3 is 5.32 Å². The van der Waals surface area contributed by atoms with E-state index in [0.717, 1.165) is 52.1 Å². The number of halogens is 3. The van der Waals surface area contributed by atoms with Crippen molar-refractivity contribution in [3.05, 3.63) is 0 Å². The van der Waals surface area contributed by atoms with Gasteiger partial charge in [-0.1, -0.05) is 0 Å². The molecule has 3 nitrogen and oxygen atoms in total. The summed E-state index contributed by atoms with van der Waals surface area (Å²) < 4.78 is 37.9. The molecular weight excluding hydrogens is 267 g/mol. The number of likely N-dealkylation sites (tertiary alicyclic amines) is 1. The molecule has 20 heavy (non-hydrogen) atoms. The van der Waals surface area contributed by atoms with E-state index in [4.69, 9.17) is 0 Å². The van der Waals surface area contributed by atoms with Crippen molar-refractivity contribution in [3.8, 4) is 0 Å². The molecule has 0 aromatic rings. The fraction of sp³-hybridized carbons (Fsp3) is 1.00. The average Bonchev–Trinajstić information content (AvgIpc) is 2.38. The van der Waals surface area contributed by atoms with Crippen molar-refractivity contribution in [2.45, 2.75) is 43.9 Å². The Balaban J connectivity index is 1.40. The third-order valence-electron chi connectivity index (χ3n) is 5.23. The molecular formula is C14H24F3N3. The summed E-state index contributed by atoms with van der Waals surface area (Å²) in [6.07, 6.45) is -1.90. The zero-order valence-electron chi connectivity index (χ0n) is 11.8. The van der Waals surface area contributed by atoms with Crippen LogP contribution in [0.1, 0.15) is 25.7 Å². The topological polar surface area (TPSA) is 18.5 Å². The Morgan fingerprint density at radius 1 is 0.800 bits per heavy atom. The van der Waals surface area contributed by atoms with Crippen LogP contribution in [0.2, 0.25) is 0 Å².